The first-order valence-corrected chi connectivity index (χ1v) is 13.2. The number of aromatic nitrogens is 2. The Kier molecular flexibility index (Phi) is 7.66. The fraction of sp³-hybridized carbons (Fsp3) is 0.593. The Hall–Kier alpha value is -2.87. The molecule has 0 radical (unpaired) electrons. The van der Waals surface area contributed by atoms with E-state index in [4.69, 9.17) is 9.72 Å². The van der Waals surface area contributed by atoms with Crippen molar-refractivity contribution in [3.63, 3.8) is 0 Å². The number of rotatable bonds is 10. The number of amides is 1. The minimum Gasteiger partial charge on any atom is -0.490 e. The van der Waals surface area contributed by atoms with Gasteiger partial charge in [0, 0.05) is 62.7 Å². The first-order valence-electron chi connectivity index (χ1n) is 13.2. The lowest BCUT2D eigenvalue weighted by Crippen LogP contribution is -2.36. The van der Waals surface area contributed by atoms with E-state index in [-0.39, 0.29) is 6.10 Å². The van der Waals surface area contributed by atoms with E-state index in [1.807, 2.05) is 35.4 Å². The van der Waals surface area contributed by atoms with Crippen molar-refractivity contribution in [1.29, 1.82) is 0 Å². The fourth-order valence-electron chi connectivity index (χ4n) is 4.93. The Labute approximate surface area is 208 Å². The molecule has 0 spiro atoms. The summed E-state index contributed by atoms with van der Waals surface area (Å²) in [6.45, 7) is 4.65. The molecule has 3 heterocycles. The van der Waals surface area contributed by atoms with Gasteiger partial charge in [-0.2, -0.15) is 4.98 Å². The number of hydrogen-bond acceptors (Lipinski definition) is 7. The van der Waals surface area contributed by atoms with E-state index in [1.165, 1.54) is 18.4 Å². The summed E-state index contributed by atoms with van der Waals surface area (Å²) in [4.78, 5) is 25.8. The Morgan fingerprint density at radius 2 is 1.97 bits per heavy atom. The molecule has 0 bridgehead atoms. The van der Waals surface area contributed by atoms with E-state index >= 15 is 0 Å². The van der Waals surface area contributed by atoms with Gasteiger partial charge in [-0.05, 0) is 70.0 Å². The lowest BCUT2D eigenvalue weighted by Gasteiger charge is -2.29. The van der Waals surface area contributed by atoms with Crippen molar-refractivity contribution in [2.45, 2.75) is 63.4 Å². The molecule has 2 N–H and O–H groups in total. The summed E-state index contributed by atoms with van der Waals surface area (Å²) >= 11 is 0. The van der Waals surface area contributed by atoms with Crippen LogP contribution in [0.5, 0.6) is 5.75 Å². The standard InChI is InChI=1S/C27H38N6O2/c1-32-16-11-22(12-17-32)35-23-7-4-6-21(18-23)30-27-29-19-24(20-9-10-20)26(31-27)28-13-5-15-33-14-3-2-8-25(33)34/h4,6-7,18-20,22H,2-3,5,8-17H2,1H3,(H2,28,29,30,31). The average Bonchev–Trinajstić information content (AvgIpc) is 3.70. The number of anilines is 3. The van der Waals surface area contributed by atoms with Crippen LogP contribution in [-0.2, 0) is 4.79 Å². The summed E-state index contributed by atoms with van der Waals surface area (Å²) in [7, 11) is 2.16. The number of nitrogens with one attached hydrogen (secondary N) is 2. The van der Waals surface area contributed by atoms with E-state index in [0.29, 0.717) is 24.2 Å². The molecule has 8 heteroatoms. The first kappa shape index (κ1) is 23.9. The lowest BCUT2D eigenvalue weighted by molar-refractivity contribution is -0.133. The van der Waals surface area contributed by atoms with Crippen LogP contribution in [0.4, 0.5) is 17.5 Å². The fourth-order valence-corrected chi connectivity index (χ4v) is 4.93. The van der Waals surface area contributed by atoms with Gasteiger partial charge in [0.25, 0.3) is 0 Å². The Morgan fingerprint density at radius 1 is 1.11 bits per heavy atom. The lowest BCUT2D eigenvalue weighted by atomic mass is 10.1. The van der Waals surface area contributed by atoms with Gasteiger partial charge in [-0.3, -0.25) is 4.79 Å². The highest BCUT2D eigenvalue weighted by atomic mass is 16.5. The number of carbonyl (C=O) groups excluding carboxylic acids is 1. The van der Waals surface area contributed by atoms with E-state index in [9.17, 15) is 4.79 Å². The van der Waals surface area contributed by atoms with Gasteiger partial charge in [0.2, 0.25) is 11.9 Å². The van der Waals surface area contributed by atoms with Crippen LogP contribution in [0.25, 0.3) is 0 Å². The van der Waals surface area contributed by atoms with Gasteiger partial charge in [-0.25, -0.2) is 4.98 Å². The highest BCUT2D eigenvalue weighted by molar-refractivity contribution is 5.76. The van der Waals surface area contributed by atoms with Crippen molar-refractivity contribution in [3.8, 4) is 5.75 Å². The van der Waals surface area contributed by atoms with Crippen molar-refractivity contribution < 1.29 is 9.53 Å². The van der Waals surface area contributed by atoms with Gasteiger partial charge in [0.1, 0.15) is 17.7 Å². The molecule has 3 aliphatic rings. The van der Waals surface area contributed by atoms with Crippen molar-refractivity contribution >= 4 is 23.4 Å². The van der Waals surface area contributed by atoms with Crippen molar-refractivity contribution in [1.82, 2.24) is 19.8 Å². The highest BCUT2D eigenvalue weighted by Gasteiger charge is 2.28. The van der Waals surface area contributed by atoms with Gasteiger partial charge in [-0.15, -0.1) is 0 Å². The molecule has 188 valence electrons. The Morgan fingerprint density at radius 3 is 2.77 bits per heavy atom. The summed E-state index contributed by atoms with van der Waals surface area (Å²) in [5.41, 5.74) is 2.12. The molecule has 8 nitrogen and oxygen atoms in total. The van der Waals surface area contributed by atoms with Crippen LogP contribution in [0.2, 0.25) is 0 Å². The molecule has 1 aromatic heterocycles. The zero-order valence-electron chi connectivity index (χ0n) is 20.8. The molecule has 2 aromatic rings. The zero-order valence-corrected chi connectivity index (χ0v) is 20.8. The third kappa shape index (κ3) is 6.63. The van der Waals surface area contributed by atoms with Gasteiger partial charge in [-0.1, -0.05) is 6.07 Å². The van der Waals surface area contributed by atoms with Crippen LogP contribution in [0.15, 0.2) is 30.5 Å². The largest absolute Gasteiger partial charge is 0.490 e. The Bertz CT molecular complexity index is 1000. The highest BCUT2D eigenvalue weighted by Crippen LogP contribution is 2.42. The number of hydrogen-bond donors (Lipinski definition) is 2. The van der Waals surface area contributed by atoms with Crippen LogP contribution >= 0.6 is 0 Å². The topological polar surface area (TPSA) is 82.6 Å². The second kappa shape index (κ2) is 11.2. The van der Waals surface area contributed by atoms with Crippen LogP contribution in [-0.4, -0.2) is 71.6 Å². The molecule has 1 saturated carbocycles. The predicted molar refractivity (Wildman–Crippen MR) is 138 cm³/mol. The summed E-state index contributed by atoms with van der Waals surface area (Å²) in [6.07, 6.45) is 10.5. The number of benzene rings is 1. The average molecular weight is 479 g/mol. The monoisotopic (exact) mass is 478 g/mol. The molecule has 2 aliphatic heterocycles. The van der Waals surface area contributed by atoms with Gasteiger partial charge >= 0.3 is 0 Å². The van der Waals surface area contributed by atoms with Crippen molar-refractivity contribution in [3.05, 3.63) is 36.0 Å². The zero-order chi connectivity index (χ0) is 24.0. The second-order valence-corrected chi connectivity index (χ2v) is 10.2. The maximum Gasteiger partial charge on any atom is 0.229 e. The van der Waals surface area contributed by atoms with Crippen LogP contribution in [0.1, 0.15) is 62.8 Å². The number of likely N-dealkylation sites (tertiary alicyclic amines) is 2. The number of nitrogens with zero attached hydrogens (tertiary/aromatic N) is 4. The van der Waals surface area contributed by atoms with E-state index in [1.54, 1.807) is 0 Å². The minimum atomic E-state index is 0.270. The summed E-state index contributed by atoms with van der Waals surface area (Å²) in [5, 5.41) is 6.89. The Balaban J connectivity index is 1.18. The molecule has 1 amide bonds. The summed E-state index contributed by atoms with van der Waals surface area (Å²) in [6, 6.07) is 8.06. The first-order chi connectivity index (χ1) is 17.1. The van der Waals surface area contributed by atoms with Crippen molar-refractivity contribution in [2.24, 2.45) is 0 Å². The second-order valence-electron chi connectivity index (χ2n) is 10.2. The van der Waals surface area contributed by atoms with Gasteiger partial charge in [0.15, 0.2) is 0 Å². The maximum absolute atomic E-state index is 12.0. The molecule has 1 aliphatic carbocycles. The third-order valence-corrected chi connectivity index (χ3v) is 7.21. The normalized spacial score (nSPS) is 19.6. The summed E-state index contributed by atoms with van der Waals surface area (Å²) in [5.74, 6) is 3.23. The molecule has 2 saturated heterocycles. The molecular weight excluding hydrogens is 440 g/mol. The van der Waals surface area contributed by atoms with Gasteiger partial charge < -0.3 is 25.2 Å². The van der Waals surface area contributed by atoms with E-state index in [2.05, 4.69) is 27.6 Å². The number of ether oxygens (including phenoxy) is 1. The molecule has 5 rings (SSSR count). The van der Waals surface area contributed by atoms with E-state index < -0.39 is 0 Å². The molecule has 35 heavy (non-hydrogen) atoms. The molecule has 0 unspecified atom stereocenters. The van der Waals surface area contributed by atoms with Crippen LogP contribution in [0.3, 0.4) is 0 Å². The number of piperidine rings is 2. The van der Waals surface area contributed by atoms with Crippen LogP contribution in [0, 0.1) is 0 Å². The maximum atomic E-state index is 12.0. The summed E-state index contributed by atoms with van der Waals surface area (Å²) < 4.78 is 6.24. The molecule has 3 fully saturated rings. The smallest absolute Gasteiger partial charge is 0.229 e. The van der Waals surface area contributed by atoms with Crippen molar-refractivity contribution in [2.75, 3.05) is 50.4 Å². The number of carbonyl (C=O) groups is 1. The third-order valence-electron chi connectivity index (χ3n) is 7.21. The molecular formula is C27H38N6O2. The quantitative estimate of drug-likeness (QED) is 0.490. The molecule has 0 atom stereocenters. The van der Waals surface area contributed by atoms with E-state index in [0.717, 1.165) is 82.1 Å². The van der Waals surface area contributed by atoms with Crippen LogP contribution < -0.4 is 15.4 Å². The SMILES string of the molecule is CN1CCC(Oc2cccc(Nc3ncc(C4CC4)c(NCCCN4CCCCC4=O)n3)c2)CC1. The van der Waals surface area contributed by atoms with Gasteiger partial charge in [0.05, 0.1) is 0 Å². The minimum absolute atomic E-state index is 0.270. The molecule has 1 aromatic carbocycles. The predicted octanol–water partition coefficient (Wildman–Crippen LogP) is 4.39.